The zero-order chi connectivity index (χ0) is 24.1. The molecule has 1 N–H and O–H groups in total. The molecule has 1 unspecified atom stereocenters. The molecule has 0 spiro atoms. The van der Waals surface area contributed by atoms with Crippen LogP contribution in [0.3, 0.4) is 0 Å². The predicted octanol–water partition coefficient (Wildman–Crippen LogP) is 7.29. The number of hydrogen-bond donors (Lipinski definition) is 1. The van der Waals surface area contributed by atoms with Gasteiger partial charge in [-0.2, -0.15) is 26.3 Å². The lowest BCUT2D eigenvalue weighted by Crippen LogP contribution is -2.05. The van der Waals surface area contributed by atoms with Gasteiger partial charge in [0.25, 0.3) is 0 Å². The summed E-state index contributed by atoms with van der Waals surface area (Å²) in [4.78, 5) is -0.118. The normalized spacial score (nSPS) is 13.5. The van der Waals surface area contributed by atoms with Gasteiger partial charge in [-0.3, -0.25) is 0 Å². The van der Waals surface area contributed by atoms with Gasteiger partial charge in [-0.1, -0.05) is 24.3 Å². The van der Waals surface area contributed by atoms with E-state index in [4.69, 9.17) is 4.74 Å². The van der Waals surface area contributed by atoms with E-state index in [1.807, 2.05) is 0 Å². The minimum Gasteiger partial charge on any atom is -0.496 e. The maximum atomic E-state index is 13.2. The molecule has 33 heavy (non-hydrogen) atoms. The number of fused-ring (bicyclic) bond motifs is 2. The Hall–Kier alpha value is -3.11. The van der Waals surface area contributed by atoms with Gasteiger partial charge in [-0.15, -0.1) is 0 Å². The Morgan fingerprint density at radius 1 is 0.727 bits per heavy atom. The molecule has 3 nitrogen and oxygen atoms in total. The van der Waals surface area contributed by atoms with E-state index in [0.29, 0.717) is 0 Å². The number of hydrogen-bond acceptors (Lipinski definition) is 2. The maximum absolute atomic E-state index is 13.2. The summed E-state index contributed by atoms with van der Waals surface area (Å²) < 4.78 is 107. The number of rotatable bonds is 3. The van der Waals surface area contributed by atoms with Crippen molar-refractivity contribution in [3.8, 4) is 16.9 Å². The van der Waals surface area contributed by atoms with E-state index >= 15 is 0 Å². The molecule has 0 bridgehead atoms. The van der Waals surface area contributed by atoms with Gasteiger partial charge in [0.2, 0.25) is 0 Å². The molecule has 0 amide bonds. The van der Waals surface area contributed by atoms with Crippen molar-refractivity contribution >= 4 is 32.6 Å². The van der Waals surface area contributed by atoms with Crippen molar-refractivity contribution in [1.29, 1.82) is 0 Å². The average molecular weight is 484 g/mol. The highest BCUT2D eigenvalue weighted by atomic mass is 32.2. The summed E-state index contributed by atoms with van der Waals surface area (Å²) >= 11 is -2.55. The first kappa shape index (κ1) is 23.1. The van der Waals surface area contributed by atoms with Crippen LogP contribution >= 0.6 is 0 Å². The fourth-order valence-corrected chi connectivity index (χ4v) is 4.37. The van der Waals surface area contributed by atoms with Crippen LogP contribution in [-0.4, -0.2) is 15.9 Å². The van der Waals surface area contributed by atoms with Crippen LogP contribution in [0, 0.1) is 0 Å². The summed E-state index contributed by atoms with van der Waals surface area (Å²) in [5.74, 6) is 0.182. The molecule has 0 saturated heterocycles. The van der Waals surface area contributed by atoms with Gasteiger partial charge in [0.1, 0.15) is 5.75 Å². The van der Waals surface area contributed by atoms with E-state index < -0.39 is 34.6 Å². The van der Waals surface area contributed by atoms with Crippen LogP contribution in [0.15, 0.2) is 65.6 Å². The third-order valence-corrected chi connectivity index (χ3v) is 5.99. The number of halogens is 6. The van der Waals surface area contributed by atoms with Gasteiger partial charge in [-0.25, -0.2) is 4.21 Å². The first-order chi connectivity index (χ1) is 15.4. The Morgan fingerprint density at radius 2 is 1.21 bits per heavy atom. The van der Waals surface area contributed by atoms with E-state index in [-0.39, 0.29) is 43.3 Å². The molecule has 4 aromatic rings. The zero-order valence-corrected chi connectivity index (χ0v) is 17.5. The number of alkyl halides is 6. The van der Waals surface area contributed by atoms with Crippen molar-refractivity contribution < 1.29 is 39.8 Å². The smallest absolute Gasteiger partial charge is 0.416 e. The lowest BCUT2D eigenvalue weighted by Gasteiger charge is -2.18. The van der Waals surface area contributed by atoms with E-state index in [0.717, 1.165) is 24.3 Å². The monoisotopic (exact) mass is 484 g/mol. The van der Waals surface area contributed by atoms with Crippen molar-refractivity contribution in [2.45, 2.75) is 17.2 Å². The Kier molecular flexibility index (Phi) is 5.61. The molecular weight excluding hydrogens is 470 g/mol. The minimum atomic E-state index is -4.60. The Bertz CT molecular complexity index is 1410. The summed E-state index contributed by atoms with van der Waals surface area (Å²) in [5, 5.41) is 0.814. The molecule has 10 heteroatoms. The first-order valence-corrected chi connectivity index (χ1v) is 10.5. The topological polar surface area (TPSA) is 46.5 Å². The van der Waals surface area contributed by atoms with Crippen molar-refractivity contribution in [1.82, 2.24) is 0 Å². The molecule has 4 aromatic carbocycles. The molecule has 0 radical (unpaired) electrons. The lowest BCUT2D eigenvalue weighted by molar-refractivity contribution is -0.138. The average Bonchev–Trinajstić information content (AvgIpc) is 2.75. The molecule has 1 atom stereocenters. The maximum Gasteiger partial charge on any atom is 0.416 e. The molecule has 4 rings (SSSR count). The van der Waals surface area contributed by atoms with Crippen LogP contribution < -0.4 is 4.74 Å². The third kappa shape index (κ3) is 4.16. The van der Waals surface area contributed by atoms with Crippen molar-refractivity contribution in [3.05, 3.63) is 71.8 Å². The zero-order valence-electron chi connectivity index (χ0n) is 16.7. The quantitative estimate of drug-likeness (QED) is 0.245. The van der Waals surface area contributed by atoms with Crippen LogP contribution in [0.1, 0.15) is 11.1 Å². The minimum absolute atomic E-state index is 0.101. The van der Waals surface area contributed by atoms with E-state index in [1.54, 1.807) is 0 Å². The number of methoxy groups -OCH3 is 1. The molecule has 172 valence electrons. The van der Waals surface area contributed by atoms with Gasteiger partial charge >= 0.3 is 12.4 Å². The van der Waals surface area contributed by atoms with Gasteiger partial charge in [0.05, 0.1) is 23.1 Å². The van der Waals surface area contributed by atoms with Crippen molar-refractivity contribution in [2.24, 2.45) is 0 Å². The Balaban J connectivity index is 2.13. The molecule has 0 aliphatic heterocycles. The Labute approximate surface area is 185 Å². The van der Waals surface area contributed by atoms with E-state index in [1.165, 1.54) is 43.5 Å². The molecule has 0 aromatic heterocycles. The fraction of sp³-hybridized carbons (Fsp3) is 0.130. The summed E-state index contributed by atoms with van der Waals surface area (Å²) in [6.07, 6.45) is -9.18. The molecule has 0 saturated carbocycles. The highest BCUT2D eigenvalue weighted by molar-refractivity contribution is 7.79. The van der Waals surface area contributed by atoms with Crippen LogP contribution in [0.5, 0.6) is 5.75 Å². The number of benzene rings is 4. The SMILES string of the molecule is COc1ccc2cc(C(F)(F)F)ccc2c1-c1c(S(=O)O)ccc2cc(C(F)(F)F)ccc12. The summed E-state index contributed by atoms with van der Waals surface area (Å²) in [6.45, 7) is 0. The van der Waals surface area contributed by atoms with Gasteiger partial charge in [-0.05, 0) is 57.9 Å². The number of ether oxygens (including phenoxy) is 1. The lowest BCUT2D eigenvalue weighted by atomic mass is 9.91. The molecule has 0 aliphatic rings. The summed E-state index contributed by atoms with van der Waals surface area (Å²) in [6, 6.07) is 11.3. The van der Waals surface area contributed by atoms with Crippen LogP contribution in [-0.2, 0) is 23.4 Å². The van der Waals surface area contributed by atoms with Crippen molar-refractivity contribution in [2.75, 3.05) is 7.11 Å². The van der Waals surface area contributed by atoms with Gasteiger partial charge < -0.3 is 9.29 Å². The van der Waals surface area contributed by atoms with Crippen LogP contribution in [0.25, 0.3) is 32.7 Å². The van der Waals surface area contributed by atoms with Crippen molar-refractivity contribution in [3.63, 3.8) is 0 Å². The first-order valence-electron chi connectivity index (χ1n) is 9.35. The third-order valence-electron chi connectivity index (χ3n) is 5.28. The molecule has 0 aliphatic carbocycles. The second kappa shape index (κ2) is 8.03. The largest absolute Gasteiger partial charge is 0.496 e. The molecule has 0 fully saturated rings. The fourth-order valence-electron chi connectivity index (χ4n) is 3.80. The van der Waals surface area contributed by atoms with Crippen LogP contribution in [0.2, 0.25) is 0 Å². The second-order valence-electron chi connectivity index (χ2n) is 7.20. The standard InChI is InChI=1S/C23H14F6O3S/c1-32-18-8-2-12-10-14(22(24,25)26)4-6-16(12)20(18)21-17-7-5-15(23(27,28)29)11-13(17)3-9-19(21)33(30)31/h2-11H,1H3,(H,30,31). The predicted molar refractivity (Wildman–Crippen MR) is 112 cm³/mol. The summed E-state index contributed by atoms with van der Waals surface area (Å²) in [5.41, 5.74) is -1.49. The highest BCUT2D eigenvalue weighted by Gasteiger charge is 2.32. The Morgan fingerprint density at radius 3 is 1.67 bits per heavy atom. The van der Waals surface area contributed by atoms with Crippen LogP contribution in [0.4, 0.5) is 26.3 Å². The molecular formula is C23H14F6O3S. The molecule has 0 heterocycles. The summed E-state index contributed by atoms with van der Waals surface area (Å²) in [7, 11) is 1.32. The van der Waals surface area contributed by atoms with Gasteiger partial charge in [0.15, 0.2) is 11.1 Å². The van der Waals surface area contributed by atoms with Gasteiger partial charge in [0, 0.05) is 11.1 Å². The van der Waals surface area contributed by atoms with E-state index in [9.17, 15) is 35.1 Å². The highest BCUT2D eigenvalue weighted by Crippen LogP contribution is 2.45. The van der Waals surface area contributed by atoms with E-state index in [2.05, 4.69) is 0 Å². The second-order valence-corrected chi connectivity index (χ2v) is 8.14.